The Morgan fingerprint density at radius 3 is 1.67 bits per heavy atom. The van der Waals surface area contributed by atoms with Crippen molar-refractivity contribution in [3.05, 3.63) is 61.3 Å². The molecule has 2 aliphatic heterocycles. The smallest absolute Gasteiger partial charge is 0.115 e. The maximum Gasteiger partial charge on any atom is 0.115 e. The Morgan fingerprint density at radius 1 is 0.484 bits per heavy atom. The molecule has 2 rings (SSSR count). The van der Waals surface area contributed by atoms with Gasteiger partial charge in [-0.3, -0.25) is 0 Å². The highest BCUT2D eigenvalue weighted by Crippen LogP contribution is 2.33. The van der Waals surface area contributed by atoms with Gasteiger partial charge < -0.3 is 122 Å². The SMILES string of the molecule is C=C/C=C/CCCCCCCCCC/C=C/[C@H](O)[C@@H](O)[C@H]1O[C@H]([C@@H](O)[C@@H](O)C(=C)CC[C@@H](O)[C@@H]2O[C@@H](C[C@@H](O)[C@@H](O)[C@H](C)CCC[C@H](O)[C@H](O)[C@H](O)[C@H](C)CC[C@H](O)[C@H](O)[C@H](C)C[C@H](O)CCC[C@H](O)CCC[C@@H](O)/C=C/C[C@H](O)CO)[C@H](O)[C@H](O)[C@H]2O)C[C@H](O)[C@@H]1O. The number of aliphatic hydroxyl groups excluding tert-OH is 22. The summed E-state index contributed by atoms with van der Waals surface area (Å²) >= 11 is 0. The van der Waals surface area contributed by atoms with Crippen molar-refractivity contribution in [2.24, 2.45) is 17.8 Å². The molecule has 2 aliphatic rings. The molecule has 546 valence electrons. The van der Waals surface area contributed by atoms with Crippen molar-refractivity contribution in [3.8, 4) is 0 Å². The Labute approximate surface area is 552 Å². The minimum atomic E-state index is -1.87. The molecule has 0 amide bonds. The zero-order valence-electron chi connectivity index (χ0n) is 55.6. The number of aliphatic hydroxyl groups is 22. The average molecular weight is 1340 g/mol. The Bertz CT molecular complexity index is 2020. The van der Waals surface area contributed by atoms with Crippen LogP contribution in [0.2, 0.25) is 0 Å². The van der Waals surface area contributed by atoms with Gasteiger partial charge in [-0.05, 0) is 139 Å². The van der Waals surface area contributed by atoms with Crippen LogP contribution in [0.25, 0.3) is 0 Å². The molecule has 2 saturated heterocycles. The summed E-state index contributed by atoms with van der Waals surface area (Å²) in [5.74, 6) is -1.78. The quantitative estimate of drug-likeness (QED) is 0.0229. The number of hydrogen-bond donors (Lipinski definition) is 22. The van der Waals surface area contributed by atoms with Gasteiger partial charge in [0.25, 0.3) is 0 Å². The molecule has 24 heteroatoms. The number of ether oxygens (including phenoxy) is 2. The van der Waals surface area contributed by atoms with E-state index in [0.717, 1.165) is 38.5 Å². The lowest BCUT2D eigenvalue weighted by Gasteiger charge is -2.43. The fourth-order valence-corrected chi connectivity index (χ4v) is 12.4. The first-order valence-electron chi connectivity index (χ1n) is 34.5. The van der Waals surface area contributed by atoms with Gasteiger partial charge in [-0.15, -0.1) is 0 Å². The monoisotopic (exact) mass is 1340 g/mol. The summed E-state index contributed by atoms with van der Waals surface area (Å²) in [5, 5.41) is 235. The molecule has 0 aliphatic carbocycles. The lowest BCUT2D eigenvalue weighted by atomic mass is 9.85. The van der Waals surface area contributed by atoms with Gasteiger partial charge >= 0.3 is 0 Å². The van der Waals surface area contributed by atoms with Gasteiger partial charge in [-0.1, -0.05) is 121 Å². The van der Waals surface area contributed by atoms with Crippen LogP contribution in [0.5, 0.6) is 0 Å². The van der Waals surface area contributed by atoms with Crippen LogP contribution in [-0.2, 0) is 9.47 Å². The van der Waals surface area contributed by atoms with Gasteiger partial charge in [0.05, 0.1) is 92.1 Å². The molecular weight excluding hydrogens is 1210 g/mol. The van der Waals surface area contributed by atoms with Crippen LogP contribution < -0.4 is 0 Å². The van der Waals surface area contributed by atoms with Crippen LogP contribution in [0.3, 0.4) is 0 Å². The fourth-order valence-electron chi connectivity index (χ4n) is 12.4. The molecule has 0 spiro atoms. The predicted molar refractivity (Wildman–Crippen MR) is 349 cm³/mol. The van der Waals surface area contributed by atoms with Crippen molar-refractivity contribution in [1.82, 2.24) is 0 Å². The fraction of sp³-hybridized carbons (Fsp3) is 0.855. The standard InChI is InChI=1S/C69H126O24/c1-6-7-8-9-10-11-12-13-14-15-16-17-18-19-31-50(76)62(86)69-63(87)54(80)39-55(93-69)64(88)60(84)43(4)34-36-52(78)68-67(91)66(90)65(89)56(92-68)38-53(79)57(81)41(2)24-20-32-49(75)61(85)59(83)42(3)33-35-51(77)58(82)44(5)37-47(73)29-22-27-45(71)25-21-26-46(72)28-23-30-48(74)40-70/h6-8,19,23,28,31,41-42,44-91H,1,4,9-18,20-22,24-27,29-30,32-40H2,2-3,5H3/b8-7+,28-23+,31-19+/t41-,42-,44-,45-,46-,47-,48+,49+,50+,51+,52-,53-,54+,55+,56+,57+,58-,59-,60+,61+,62-,63+,64-,65+,66+,67-,68+,69-/m1/s1. The summed E-state index contributed by atoms with van der Waals surface area (Å²) in [6.07, 6.45) is -10.8. The van der Waals surface area contributed by atoms with E-state index in [2.05, 4.69) is 19.2 Å². The van der Waals surface area contributed by atoms with Gasteiger partial charge in [-0.25, -0.2) is 0 Å². The van der Waals surface area contributed by atoms with Crippen molar-refractivity contribution < 1.29 is 122 Å². The predicted octanol–water partition coefficient (Wildman–Crippen LogP) is 0.944. The van der Waals surface area contributed by atoms with E-state index in [0.29, 0.717) is 44.9 Å². The first-order valence-corrected chi connectivity index (χ1v) is 34.5. The number of unbranched alkanes of at least 4 members (excludes halogenated alkanes) is 9. The molecule has 24 nitrogen and oxygen atoms in total. The topological polar surface area (TPSA) is 464 Å². The van der Waals surface area contributed by atoms with Gasteiger partial charge in [0.1, 0.15) is 67.1 Å². The van der Waals surface area contributed by atoms with E-state index >= 15 is 0 Å². The van der Waals surface area contributed by atoms with Crippen LogP contribution >= 0.6 is 0 Å². The van der Waals surface area contributed by atoms with E-state index < -0.39 is 177 Å². The van der Waals surface area contributed by atoms with E-state index in [1.807, 2.05) is 6.08 Å². The maximum atomic E-state index is 11.2. The molecule has 22 N–H and O–H groups in total. The van der Waals surface area contributed by atoms with Gasteiger partial charge in [-0.2, -0.15) is 0 Å². The van der Waals surface area contributed by atoms with E-state index in [1.165, 1.54) is 25.3 Å². The lowest BCUT2D eigenvalue weighted by molar-refractivity contribution is -0.250. The molecular formula is C69H126O24. The zero-order valence-corrected chi connectivity index (χ0v) is 55.6. The summed E-state index contributed by atoms with van der Waals surface area (Å²) in [4.78, 5) is 0. The molecule has 0 unspecified atom stereocenters. The Hall–Kier alpha value is -2.26. The van der Waals surface area contributed by atoms with Gasteiger partial charge in [0.2, 0.25) is 0 Å². The second-order valence-electron chi connectivity index (χ2n) is 27.0. The molecule has 93 heavy (non-hydrogen) atoms. The molecule has 0 aromatic rings. The molecule has 0 aromatic carbocycles. The van der Waals surface area contributed by atoms with E-state index in [4.69, 9.17) is 14.6 Å². The molecule has 0 saturated carbocycles. The Balaban J connectivity index is 1.78. The lowest BCUT2D eigenvalue weighted by Crippen LogP contribution is -2.61. The van der Waals surface area contributed by atoms with Crippen LogP contribution in [0.4, 0.5) is 0 Å². The minimum absolute atomic E-state index is 0.0239. The number of hydrogen-bond acceptors (Lipinski definition) is 24. The van der Waals surface area contributed by atoms with Crippen LogP contribution in [0.15, 0.2) is 61.3 Å². The summed E-state index contributed by atoms with van der Waals surface area (Å²) in [6, 6.07) is 0. The van der Waals surface area contributed by atoms with Crippen LogP contribution in [-0.4, -0.2) is 272 Å². The van der Waals surface area contributed by atoms with Crippen molar-refractivity contribution in [2.75, 3.05) is 6.61 Å². The van der Waals surface area contributed by atoms with Crippen molar-refractivity contribution in [2.45, 2.75) is 347 Å². The van der Waals surface area contributed by atoms with Crippen molar-refractivity contribution in [1.29, 1.82) is 0 Å². The first kappa shape index (κ1) is 86.8. The van der Waals surface area contributed by atoms with Crippen molar-refractivity contribution in [3.63, 3.8) is 0 Å². The second kappa shape index (κ2) is 47.7. The van der Waals surface area contributed by atoms with Crippen molar-refractivity contribution >= 4 is 0 Å². The first-order chi connectivity index (χ1) is 44.0. The molecule has 28 atom stereocenters. The summed E-state index contributed by atoms with van der Waals surface area (Å²) in [6.45, 7) is 12.0. The van der Waals surface area contributed by atoms with E-state index in [9.17, 15) is 107 Å². The molecule has 0 radical (unpaired) electrons. The third-order valence-electron chi connectivity index (χ3n) is 18.9. The largest absolute Gasteiger partial charge is 0.394 e. The maximum absolute atomic E-state index is 11.2. The third kappa shape index (κ3) is 32.5. The highest BCUT2D eigenvalue weighted by molar-refractivity contribution is 5.09. The highest BCUT2D eigenvalue weighted by atomic mass is 16.6. The highest BCUT2D eigenvalue weighted by Gasteiger charge is 2.49. The minimum Gasteiger partial charge on any atom is -0.394 e. The summed E-state index contributed by atoms with van der Waals surface area (Å²) < 4.78 is 11.6. The number of rotatable bonds is 52. The van der Waals surface area contributed by atoms with E-state index in [-0.39, 0.29) is 76.4 Å². The Kier molecular flexibility index (Phi) is 44.5. The van der Waals surface area contributed by atoms with Gasteiger partial charge in [0.15, 0.2) is 0 Å². The Morgan fingerprint density at radius 2 is 1.04 bits per heavy atom. The summed E-state index contributed by atoms with van der Waals surface area (Å²) in [5.41, 5.74) is -0.0399. The zero-order chi connectivity index (χ0) is 69.9. The van der Waals surface area contributed by atoms with Gasteiger partial charge in [0, 0.05) is 12.8 Å². The normalized spacial score (nSPS) is 27.9. The van der Waals surface area contributed by atoms with E-state index in [1.54, 1.807) is 45.1 Å². The molecule has 0 bridgehead atoms. The third-order valence-corrected chi connectivity index (χ3v) is 18.9. The van der Waals surface area contributed by atoms with Crippen LogP contribution in [0.1, 0.15) is 194 Å². The summed E-state index contributed by atoms with van der Waals surface area (Å²) in [7, 11) is 0. The average Bonchev–Trinajstić information content (AvgIpc) is 0.832. The molecule has 2 fully saturated rings. The molecule has 2 heterocycles. The number of allylic oxidation sites excluding steroid dienone is 4. The van der Waals surface area contributed by atoms with Crippen LogP contribution in [0, 0.1) is 17.8 Å². The second-order valence-corrected chi connectivity index (χ2v) is 27.0. The molecule has 0 aromatic heterocycles.